The molecule has 0 aromatic heterocycles. The first-order valence-corrected chi connectivity index (χ1v) is 14.8. The van der Waals surface area contributed by atoms with Crippen LogP contribution in [0.5, 0.6) is 0 Å². The van der Waals surface area contributed by atoms with Gasteiger partial charge in [0.25, 0.3) is 0 Å². The van der Waals surface area contributed by atoms with E-state index in [1.807, 2.05) is 0 Å². The molecule has 6 aliphatic rings. The Morgan fingerprint density at radius 1 is 0.944 bits per heavy atom. The summed E-state index contributed by atoms with van der Waals surface area (Å²) < 4.78 is 19.0. The van der Waals surface area contributed by atoms with Gasteiger partial charge in [0.15, 0.2) is 5.79 Å². The van der Waals surface area contributed by atoms with E-state index in [4.69, 9.17) is 19.3 Å². The minimum absolute atomic E-state index is 0.116. The van der Waals surface area contributed by atoms with E-state index in [0.717, 1.165) is 50.0 Å². The lowest BCUT2D eigenvalue weighted by Crippen LogP contribution is -2.55. The zero-order valence-corrected chi connectivity index (χ0v) is 22.7. The Bertz CT molecular complexity index is 894. The van der Waals surface area contributed by atoms with Crippen LogP contribution in [0.2, 0.25) is 0 Å². The number of ether oxygens (including phenoxy) is 3. The van der Waals surface area contributed by atoms with E-state index < -0.39 is 18.4 Å². The van der Waals surface area contributed by atoms with Crippen LogP contribution in [0.3, 0.4) is 0 Å². The van der Waals surface area contributed by atoms with Gasteiger partial charge >= 0.3 is 11.9 Å². The molecule has 1 N–H and O–H groups in total. The highest BCUT2D eigenvalue weighted by molar-refractivity contribution is 5.90. The molecule has 4 aliphatic carbocycles. The SMILES string of the molecule is C[C@H]1CC[C@@]2(OC1)OC1CC3C4CCC5C[C@H](OC(=O)CC(=O)O)CC[C@]5(C)C4CC[C@]3(C)C1[C@@H]2C. The van der Waals surface area contributed by atoms with Gasteiger partial charge in [-0.1, -0.05) is 27.7 Å². The van der Waals surface area contributed by atoms with E-state index in [2.05, 4.69) is 27.7 Å². The number of rotatable bonds is 3. The van der Waals surface area contributed by atoms with Crippen molar-refractivity contribution in [3.05, 3.63) is 0 Å². The molecule has 4 saturated carbocycles. The number of carbonyl (C=O) groups is 2. The standard InChI is InChI=1S/C30H46O6/c1-17-7-12-30(34-16-17)18(2)27-24(36-30)14-23-21-6-5-19-13-20(35-26(33)15-25(31)32)8-10-28(19,3)22(21)9-11-29(23,27)4/h17-24,27H,5-16H2,1-4H3,(H,31,32)/t17-,18-,19?,20+,21?,22?,23?,24?,27?,28-,29-,30+/m0/s1. The van der Waals surface area contributed by atoms with Gasteiger partial charge in [-0.25, -0.2) is 0 Å². The largest absolute Gasteiger partial charge is 0.481 e. The van der Waals surface area contributed by atoms with Crippen molar-refractivity contribution in [3.63, 3.8) is 0 Å². The number of fused-ring (bicyclic) bond motifs is 7. The van der Waals surface area contributed by atoms with E-state index in [1.165, 1.54) is 38.5 Å². The quantitative estimate of drug-likeness (QED) is 0.387. The molecule has 6 nitrogen and oxygen atoms in total. The highest BCUT2D eigenvalue weighted by Crippen LogP contribution is 2.71. The summed E-state index contributed by atoms with van der Waals surface area (Å²) >= 11 is 0. The summed E-state index contributed by atoms with van der Waals surface area (Å²) in [6.07, 6.45) is 11.1. The predicted molar refractivity (Wildman–Crippen MR) is 134 cm³/mol. The smallest absolute Gasteiger partial charge is 0.317 e. The van der Waals surface area contributed by atoms with Gasteiger partial charge in [0, 0.05) is 12.3 Å². The van der Waals surface area contributed by atoms with E-state index in [0.29, 0.717) is 40.6 Å². The second-order valence-corrected chi connectivity index (χ2v) is 14.1. The van der Waals surface area contributed by atoms with Crippen LogP contribution in [0.15, 0.2) is 0 Å². The van der Waals surface area contributed by atoms with E-state index in [9.17, 15) is 9.59 Å². The molecule has 6 rings (SSSR count). The predicted octanol–water partition coefficient (Wildman–Crippen LogP) is 5.82. The van der Waals surface area contributed by atoms with Crippen molar-refractivity contribution in [1.29, 1.82) is 0 Å². The molecule has 6 heteroatoms. The maximum absolute atomic E-state index is 12.0. The molecule has 0 bridgehead atoms. The summed E-state index contributed by atoms with van der Waals surface area (Å²) in [5.74, 6) is 2.47. The van der Waals surface area contributed by atoms with Gasteiger partial charge in [-0.2, -0.15) is 0 Å². The number of carboxylic acids is 1. The van der Waals surface area contributed by atoms with Crippen molar-refractivity contribution >= 4 is 11.9 Å². The molecule has 2 aliphatic heterocycles. The van der Waals surface area contributed by atoms with Crippen molar-refractivity contribution in [3.8, 4) is 0 Å². The minimum atomic E-state index is -1.11. The summed E-state index contributed by atoms with van der Waals surface area (Å²) in [4.78, 5) is 22.9. The summed E-state index contributed by atoms with van der Waals surface area (Å²) in [6.45, 7) is 10.7. The van der Waals surface area contributed by atoms with Crippen LogP contribution < -0.4 is 0 Å². The first kappa shape index (κ1) is 25.2. The molecule has 6 fully saturated rings. The molecule has 2 heterocycles. The number of hydrogen-bond donors (Lipinski definition) is 1. The fourth-order valence-corrected chi connectivity index (χ4v) is 10.7. The topological polar surface area (TPSA) is 82.1 Å². The van der Waals surface area contributed by atoms with E-state index in [-0.39, 0.29) is 11.9 Å². The molecule has 0 radical (unpaired) electrons. The van der Waals surface area contributed by atoms with Crippen LogP contribution in [0.1, 0.15) is 98.3 Å². The second kappa shape index (κ2) is 8.69. The second-order valence-electron chi connectivity index (χ2n) is 14.1. The number of hydrogen-bond acceptors (Lipinski definition) is 5. The highest BCUT2D eigenvalue weighted by atomic mass is 16.7. The van der Waals surface area contributed by atoms with Gasteiger partial charge in [0.2, 0.25) is 0 Å². The van der Waals surface area contributed by atoms with Crippen molar-refractivity contribution in [1.82, 2.24) is 0 Å². The molecule has 202 valence electrons. The molecule has 36 heavy (non-hydrogen) atoms. The van der Waals surface area contributed by atoms with Crippen molar-refractivity contribution in [2.24, 2.45) is 52.3 Å². The summed E-state index contributed by atoms with van der Waals surface area (Å²) in [5.41, 5.74) is 0.641. The Kier molecular flexibility index (Phi) is 6.07. The fraction of sp³-hybridized carbons (Fsp3) is 0.933. The van der Waals surface area contributed by atoms with Gasteiger partial charge in [0.1, 0.15) is 12.5 Å². The molecule has 12 atom stereocenters. The van der Waals surface area contributed by atoms with Crippen LogP contribution in [-0.2, 0) is 23.8 Å². The third-order valence-corrected chi connectivity index (χ3v) is 12.5. The average Bonchev–Trinajstić information content (AvgIpc) is 3.26. The van der Waals surface area contributed by atoms with Crippen LogP contribution in [-0.4, -0.2) is 41.6 Å². The van der Waals surface area contributed by atoms with Gasteiger partial charge in [0.05, 0.1) is 12.7 Å². The number of esters is 1. The Morgan fingerprint density at radius 2 is 1.72 bits per heavy atom. The Morgan fingerprint density at radius 3 is 2.44 bits per heavy atom. The zero-order valence-electron chi connectivity index (χ0n) is 22.7. The van der Waals surface area contributed by atoms with E-state index >= 15 is 0 Å². The monoisotopic (exact) mass is 502 g/mol. The molecule has 0 aromatic carbocycles. The lowest BCUT2D eigenvalue weighted by Gasteiger charge is -2.61. The van der Waals surface area contributed by atoms with Crippen molar-refractivity contribution in [2.75, 3.05) is 6.61 Å². The normalized spacial score (nSPS) is 53.7. The van der Waals surface area contributed by atoms with Crippen LogP contribution in [0, 0.1) is 52.3 Å². The minimum Gasteiger partial charge on any atom is -0.481 e. The van der Waals surface area contributed by atoms with Crippen LogP contribution in [0.4, 0.5) is 0 Å². The lowest BCUT2D eigenvalue weighted by atomic mass is 9.44. The maximum Gasteiger partial charge on any atom is 0.317 e. The Balaban J connectivity index is 1.16. The summed E-state index contributed by atoms with van der Waals surface area (Å²) in [6, 6.07) is 0. The van der Waals surface area contributed by atoms with Gasteiger partial charge in [-0.05, 0) is 104 Å². The van der Waals surface area contributed by atoms with Gasteiger partial charge in [-0.15, -0.1) is 0 Å². The maximum atomic E-state index is 12.0. The molecular weight excluding hydrogens is 456 g/mol. The molecule has 2 saturated heterocycles. The molecular formula is C30H46O6. The van der Waals surface area contributed by atoms with Crippen LogP contribution >= 0.6 is 0 Å². The number of carboxylic acid groups (broad SMARTS) is 1. The third kappa shape index (κ3) is 3.71. The van der Waals surface area contributed by atoms with E-state index in [1.54, 1.807) is 0 Å². The average molecular weight is 503 g/mol. The molecule has 6 unspecified atom stereocenters. The molecule has 0 aromatic rings. The van der Waals surface area contributed by atoms with Crippen molar-refractivity contribution in [2.45, 2.75) is 116 Å². The zero-order chi connectivity index (χ0) is 25.5. The fourth-order valence-electron chi connectivity index (χ4n) is 10.7. The Labute approximate surface area is 216 Å². The lowest BCUT2D eigenvalue weighted by molar-refractivity contribution is -0.273. The van der Waals surface area contributed by atoms with Gasteiger partial charge in [-0.3, -0.25) is 9.59 Å². The number of carbonyl (C=O) groups excluding carboxylic acids is 1. The Hall–Kier alpha value is -1.14. The number of aliphatic carboxylic acids is 1. The highest BCUT2D eigenvalue weighted by Gasteiger charge is 2.69. The summed E-state index contributed by atoms with van der Waals surface area (Å²) in [7, 11) is 0. The molecule has 0 amide bonds. The van der Waals surface area contributed by atoms with Gasteiger partial charge < -0.3 is 19.3 Å². The first-order chi connectivity index (χ1) is 17.1. The first-order valence-electron chi connectivity index (χ1n) is 14.8. The third-order valence-electron chi connectivity index (χ3n) is 12.5. The van der Waals surface area contributed by atoms with Crippen molar-refractivity contribution < 1.29 is 28.9 Å². The summed E-state index contributed by atoms with van der Waals surface area (Å²) in [5, 5.41) is 8.91. The van der Waals surface area contributed by atoms with Crippen LogP contribution in [0.25, 0.3) is 0 Å². The molecule has 1 spiro atoms.